The number of hydrogen-bond donors (Lipinski definition) is 0. The van der Waals surface area contributed by atoms with Crippen molar-refractivity contribution in [3.63, 3.8) is 0 Å². The average molecular weight is 597 g/mol. The molecule has 176 valence electrons. The van der Waals surface area contributed by atoms with Gasteiger partial charge < -0.3 is 14.9 Å². The molecule has 0 saturated heterocycles. The Bertz CT molecular complexity index is 890. The van der Waals surface area contributed by atoms with E-state index >= 15 is 0 Å². The van der Waals surface area contributed by atoms with Crippen LogP contribution in [-0.2, 0) is 23.3 Å². The van der Waals surface area contributed by atoms with Crippen LogP contribution >= 0.6 is 24.8 Å². The monoisotopic (exact) mass is 594 g/mol. The van der Waals surface area contributed by atoms with Gasteiger partial charge in [0.25, 0.3) is 0 Å². The SMILES string of the molecule is C[Si](C)(C)c1cc2ccccc2[cH-]1.C[Si](C)(C)c1cc2ccccc2[cH-]1.Cl.Cl.[CH3-].[CH3-].[Si]=[Zr]. The van der Waals surface area contributed by atoms with Crippen LogP contribution in [0.25, 0.3) is 21.5 Å². The fourth-order valence-electron chi connectivity index (χ4n) is 3.17. The third-order valence-corrected chi connectivity index (χ3v) is 9.01. The first-order valence-corrected chi connectivity index (χ1v) is 20.9. The summed E-state index contributed by atoms with van der Waals surface area (Å²) in [5, 5.41) is 8.68. The molecule has 0 nitrogen and oxygen atoms in total. The molecule has 6 heteroatoms. The van der Waals surface area contributed by atoms with Crippen molar-refractivity contribution in [2.24, 2.45) is 0 Å². The second kappa shape index (κ2) is 15.6. The van der Waals surface area contributed by atoms with Gasteiger partial charge in [0.2, 0.25) is 0 Å². The molecule has 0 heterocycles. The van der Waals surface area contributed by atoms with Crippen LogP contribution in [0.2, 0.25) is 39.3 Å². The molecule has 0 aliphatic heterocycles. The Morgan fingerprint density at radius 2 is 0.875 bits per heavy atom. The summed E-state index contributed by atoms with van der Waals surface area (Å²) < 4.78 is 0. The maximum absolute atomic E-state index is 3.06. The quantitative estimate of drug-likeness (QED) is 0.165. The summed E-state index contributed by atoms with van der Waals surface area (Å²) in [6.45, 7) is 17.4. The molecule has 4 aromatic carbocycles. The van der Waals surface area contributed by atoms with Crippen molar-refractivity contribution in [1.29, 1.82) is 0 Å². The maximum atomic E-state index is 3.06. The van der Waals surface area contributed by atoms with Crippen molar-refractivity contribution < 1.29 is 23.3 Å². The van der Waals surface area contributed by atoms with E-state index in [1.807, 2.05) is 0 Å². The van der Waals surface area contributed by atoms with Gasteiger partial charge in [0, 0.05) is 0 Å². The summed E-state index contributed by atoms with van der Waals surface area (Å²) in [6.07, 6.45) is 0. The van der Waals surface area contributed by atoms with Crippen molar-refractivity contribution >= 4 is 79.8 Å². The van der Waals surface area contributed by atoms with Gasteiger partial charge in [-0.2, -0.15) is 22.9 Å². The third kappa shape index (κ3) is 9.95. The van der Waals surface area contributed by atoms with E-state index in [0.717, 1.165) is 0 Å². The van der Waals surface area contributed by atoms with Crippen LogP contribution in [0.3, 0.4) is 0 Å². The van der Waals surface area contributed by atoms with E-state index in [1.54, 1.807) is 10.4 Å². The van der Waals surface area contributed by atoms with Crippen molar-refractivity contribution in [2.45, 2.75) is 39.3 Å². The van der Waals surface area contributed by atoms with E-state index in [0.29, 0.717) is 0 Å². The number of rotatable bonds is 2. The van der Waals surface area contributed by atoms with Gasteiger partial charge in [-0.3, -0.25) is 0 Å². The molecular weight excluding hydrogens is 559 g/mol. The number of fused-ring (bicyclic) bond motifs is 2. The molecule has 0 aliphatic carbocycles. The minimum absolute atomic E-state index is 0. The van der Waals surface area contributed by atoms with Gasteiger partial charge in [0.05, 0.1) is 16.1 Å². The molecule has 0 bridgehead atoms. The molecule has 0 spiro atoms. The molecule has 4 aromatic rings. The molecule has 0 aliphatic rings. The van der Waals surface area contributed by atoms with Gasteiger partial charge in [-0.25, -0.2) is 0 Å². The Morgan fingerprint density at radius 1 is 0.594 bits per heavy atom. The first-order valence-electron chi connectivity index (χ1n) is 9.71. The first kappa shape index (κ1) is 36.3. The molecule has 32 heavy (non-hydrogen) atoms. The van der Waals surface area contributed by atoms with Crippen molar-refractivity contribution in [3.05, 3.63) is 87.6 Å². The van der Waals surface area contributed by atoms with Crippen LogP contribution in [-0.4, -0.2) is 23.0 Å². The molecule has 0 fully saturated rings. The summed E-state index contributed by atoms with van der Waals surface area (Å²) >= 11 is 1.36. The predicted molar refractivity (Wildman–Crippen MR) is 158 cm³/mol. The van der Waals surface area contributed by atoms with Gasteiger partial charge in [-0.1, -0.05) is 51.4 Å². The van der Waals surface area contributed by atoms with Crippen LogP contribution in [0.1, 0.15) is 0 Å². The van der Waals surface area contributed by atoms with E-state index in [-0.39, 0.29) is 39.7 Å². The van der Waals surface area contributed by atoms with Crippen LogP contribution in [0.4, 0.5) is 0 Å². The summed E-state index contributed by atoms with van der Waals surface area (Å²) in [7, 11) is -2.23. The standard InChI is InChI=1S/2C12H15Si.2CH3.2ClH.Si.Zr/c2*1-13(2,3)12-8-10-6-4-5-7-11(10)9-12;;;;;;/h2*4-9H,1-3H3;2*1H3;2*1H;;/q4*-1;;;;. The Labute approximate surface area is 228 Å². The minimum atomic E-state index is -1.12. The fraction of sp³-hybridized carbons (Fsp3) is 0.231. The van der Waals surface area contributed by atoms with E-state index in [9.17, 15) is 0 Å². The summed E-state index contributed by atoms with van der Waals surface area (Å²) in [4.78, 5) is 0. The Morgan fingerprint density at radius 3 is 1.12 bits per heavy atom. The van der Waals surface area contributed by atoms with Crippen LogP contribution in [0.15, 0.2) is 72.8 Å². The van der Waals surface area contributed by atoms with Crippen molar-refractivity contribution in [1.82, 2.24) is 0 Å². The average Bonchev–Trinajstić information content (AvgIpc) is 3.27. The number of benzene rings is 2. The molecular formula is C26H38Cl2Si3Zr-4. The Kier molecular flexibility index (Phi) is 17.8. The zero-order valence-corrected chi connectivity index (χ0v) is 27.8. The van der Waals surface area contributed by atoms with Gasteiger partial charge >= 0.3 is 30.2 Å². The molecule has 0 atom stereocenters. The molecule has 0 saturated carbocycles. The van der Waals surface area contributed by atoms with Crippen LogP contribution in [0.5, 0.6) is 0 Å². The Balaban J connectivity index is -0.000000437. The van der Waals surface area contributed by atoms with E-state index in [2.05, 4.69) is 119 Å². The van der Waals surface area contributed by atoms with Gasteiger partial charge in [-0.05, 0) is 0 Å². The number of halogens is 2. The molecule has 2 radical (unpaired) electrons. The van der Waals surface area contributed by atoms with Crippen LogP contribution in [0, 0.1) is 14.9 Å². The summed E-state index contributed by atoms with van der Waals surface area (Å²) in [5.74, 6) is 0. The van der Waals surface area contributed by atoms with E-state index < -0.39 is 16.1 Å². The van der Waals surface area contributed by atoms with E-state index in [1.165, 1.54) is 44.9 Å². The van der Waals surface area contributed by atoms with Crippen LogP contribution < -0.4 is 10.4 Å². The molecule has 0 aromatic heterocycles. The topological polar surface area (TPSA) is 0 Å². The molecule has 0 amide bonds. The van der Waals surface area contributed by atoms with Gasteiger partial charge in [0.1, 0.15) is 0 Å². The second-order valence-corrected chi connectivity index (χ2v) is 19.4. The van der Waals surface area contributed by atoms with Gasteiger partial charge in [0.15, 0.2) is 0 Å². The zero-order valence-electron chi connectivity index (χ0n) is 20.7. The third-order valence-electron chi connectivity index (χ3n) is 4.97. The fourth-order valence-corrected chi connectivity index (χ4v) is 5.52. The van der Waals surface area contributed by atoms with Crippen molar-refractivity contribution in [2.75, 3.05) is 0 Å². The summed E-state index contributed by atoms with van der Waals surface area (Å²) in [5.41, 5.74) is 0. The van der Waals surface area contributed by atoms with E-state index in [4.69, 9.17) is 0 Å². The normalized spacial score (nSPS) is 10.0. The molecule has 4 rings (SSSR count). The number of hydrogen-bond acceptors (Lipinski definition) is 0. The second-order valence-electron chi connectivity index (χ2n) is 9.25. The molecule has 0 unspecified atom stereocenters. The first-order chi connectivity index (χ1) is 13.1. The zero-order chi connectivity index (χ0) is 20.9. The Hall–Kier alpha value is -0.226. The van der Waals surface area contributed by atoms with Crippen molar-refractivity contribution in [3.8, 4) is 0 Å². The summed E-state index contributed by atoms with van der Waals surface area (Å²) in [6, 6.07) is 26.6. The molecule has 0 N–H and O–H groups in total. The predicted octanol–water partition coefficient (Wildman–Crippen LogP) is 7.57. The van der Waals surface area contributed by atoms with Gasteiger partial charge in [-0.15, -0.1) is 94.5 Å².